The van der Waals surface area contributed by atoms with E-state index in [2.05, 4.69) is 19.2 Å². The van der Waals surface area contributed by atoms with Gasteiger partial charge in [0.25, 0.3) is 5.91 Å². The Labute approximate surface area is 131 Å². The van der Waals surface area contributed by atoms with E-state index in [9.17, 15) is 4.79 Å². The zero-order valence-electron chi connectivity index (χ0n) is 12.7. The van der Waals surface area contributed by atoms with Crippen LogP contribution in [-0.2, 0) is 0 Å². The summed E-state index contributed by atoms with van der Waals surface area (Å²) in [6.07, 6.45) is 0. The van der Waals surface area contributed by atoms with Crippen molar-refractivity contribution in [3.05, 3.63) is 65.7 Å². The van der Waals surface area contributed by atoms with Crippen LogP contribution in [0.15, 0.2) is 59.5 Å². The van der Waals surface area contributed by atoms with Crippen molar-refractivity contribution in [2.75, 3.05) is 0 Å². The fraction of sp³-hybridized carbons (Fsp3) is 0.278. The molecule has 1 amide bonds. The molecule has 0 spiro atoms. The normalized spacial score (nSPS) is 12.2. The third-order valence-corrected chi connectivity index (χ3v) is 4.22. The van der Waals surface area contributed by atoms with Gasteiger partial charge in [-0.25, -0.2) is 0 Å². The maximum absolute atomic E-state index is 12.5. The number of benzene rings is 2. The molecule has 1 N–H and O–H groups in total. The maximum Gasteiger partial charge on any atom is 0.252 e. The van der Waals surface area contributed by atoms with Gasteiger partial charge in [0.2, 0.25) is 0 Å². The number of carbonyl (C=O) groups is 1. The fourth-order valence-corrected chi connectivity index (χ4v) is 3.06. The summed E-state index contributed by atoms with van der Waals surface area (Å²) in [5, 5.41) is 3.52. The minimum atomic E-state index is -0.0184. The number of carbonyl (C=O) groups excluding carboxylic acids is 1. The van der Waals surface area contributed by atoms with Crippen molar-refractivity contribution in [1.82, 2.24) is 5.32 Å². The Balaban J connectivity index is 2.14. The highest BCUT2D eigenvalue weighted by Crippen LogP contribution is 2.27. The first-order valence-electron chi connectivity index (χ1n) is 7.19. The molecule has 2 aromatic carbocycles. The molecule has 2 rings (SSSR count). The Morgan fingerprint density at radius 2 is 1.57 bits per heavy atom. The summed E-state index contributed by atoms with van der Waals surface area (Å²) in [6.45, 7) is 6.27. The van der Waals surface area contributed by atoms with E-state index in [1.807, 2.05) is 61.5 Å². The molecule has 0 unspecified atom stereocenters. The molecule has 0 bridgehead atoms. The van der Waals surface area contributed by atoms with E-state index in [1.165, 1.54) is 0 Å². The summed E-state index contributed by atoms with van der Waals surface area (Å²) in [6, 6.07) is 17.8. The Bertz CT molecular complexity index is 595. The second-order valence-electron chi connectivity index (χ2n) is 5.27. The number of hydrogen-bond acceptors (Lipinski definition) is 2. The first-order valence-corrected chi connectivity index (χ1v) is 8.07. The van der Waals surface area contributed by atoms with E-state index in [1.54, 1.807) is 11.8 Å². The lowest BCUT2D eigenvalue weighted by Gasteiger charge is -2.16. The lowest BCUT2D eigenvalue weighted by molar-refractivity contribution is 0.0937. The first kappa shape index (κ1) is 15.6. The molecule has 0 saturated carbocycles. The van der Waals surface area contributed by atoms with E-state index < -0.39 is 0 Å². The standard InChI is InChI=1S/C18H21NOS/c1-13(2)21-17-12-8-7-11-16(17)18(20)19-14(3)15-9-5-4-6-10-15/h4-14H,1-3H3,(H,19,20)/t14-/m1/s1. The molecule has 2 nitrogen and oxygen atoms in total. The summed E-state index contributed by atoms with van der Waals surface area (Å²) in [7, 11) is 0. The van der Waals surface area contributed by atoms with Gasteiger partial charge in [0.05, 0.1) is 11.6 Å². The van der Waals surface area contributed by atoms with Crippen LogP contribution < -0.4 is 5.32 Å². The maximum atomic E-state index is 12.5. The van der Waals surface area contributed by atoms with Crippen molar-refractivity contribution in [3.8, 4) is 0 Å². The number of hydrogen-bond donors (Lipinski definition) is 1. The SMILES string of the molecule is CC(C)Sc1ccccc1C(=O)N[C@H](C)c1ccccc1. The molecule has 2 aromatic rings. The molecule has 110 valence electrons. The second kappa shape index (κ2) is 7.32. The van der Waals surface area contributed by atoms with E-state index in [0.717, 1.165) is 16.0 Å². The van der Waals surface area contributed by atoms with Crippen LogP contribution in [-0.4, -0.2) is 11.2 Å². The Morgan fingerprint density at radius 1 is 0.952 bits per heavy atom. The highest BCUT2D eigenvalue weighted by Gasteiger charge is 2.15. The number of rotatable bonds is 5. The molecule has 1 atom stereocenters. The minimum absolute atomic E-state index is 0.00388. The Kier molecular flexibility index (Phi) is 5.45. The van der Waals surface area contributed by atoms with Crippen LogP contribution in [0, 0.1) is 0 Å². The Morgan fingerprint density at radius 3 is 2.24 bits per heavy atom. The first-order chi connectivity index (χ1) is 10.1. The van der Waals surface area contributed by atoms with Crippen LogP contribution in [0.2, 0.25) is 0 Å². The molecular weight excluding hydrogens is 278 g/mol. The number of nitrogens with one attached hydrogen (secondary N) is 1. The van der Waals surface area contributed by atoms with Crippen LogP contribution in [0.4, 0.5) is 0 Å². The van der Waals surface area contributed by atoms with E-state index in [0.29, 0.717) is 5.25 Å². The van der Waals surface area contributed by atoms with Gasteiger partial charge in [0.1, 0.15) is 0 Å². The molecule has 0 aliphatic heterocycles. The zero-order valence-corrected chi connectivity index (χ0v) is 13.5. The summed E-state index contributed by atoms with van der Waals surface area (Å²) >= 11 is 1.72. The number of amides is 1. The van der Waals surface area contributed by atoms with Gasteiger partial charge in [-0.05, 0) is 24.6 Å². The van der Waals surface area contributed by atoms with Gasteiger partial charge in [-0.15, -0.1) is 11.8 Å². The van der Waals surface area contributed by atoms with Crippen LogP contribution in [0.25, 0.3) is 0 Å². The third kappa shape index (κ3) is 4.36. The second-order valence-corrected chi connectivity index (χ2v) is 6.89. The topological polar surface area (TPSA) is 29.1 Å². The van der Waals surface area contributed by atoms with Crippen molar-refractivity contribution in [2.24, 2.45) is 0 Å². The minimum Gasteiger partial charge on any atom is -0.345 e. The molecule has 0 fully saturated rings. The summed E-state index contributed by atoms with van der Waals surface area (Å²) < 4.78 is 0. The summed E-state index contributed by atoms with van der Waals surface area (Å²) in [5.74, 6) is -0.0184. The predicted octanol–water partition coefficient (Wildman–Crippen LogP) is 4.68. The molecule has 0 aliphatic carbocycles. The number of thioether (sulfide) groups is 1. The molecular formula is C18H21NOS. The van der Waals surface area contributed by atoms with Gasteiger partial charge in [-0.3, -0.25) is 4.79 Å². The fourth-order valence-electron chi connectivity index (χ4n) is 2.11. The van der Waals surface area contributed by atoms with Crippen molar-refractivity contribution < 1.29 is 4.79 Å². The lowest BCUT2D eigenvalue weighted by atomic mass is 10.1. The molecule has 3 heteroatoms. The largest absolute Gasteiger partial charge is 0.345 e. The Hall–Kier alpha value is -1.74. The zero-order chi connectivity index (χ0) is 15.2. The van der Waals surface area contributed by atoms with Gasteiger partial charge in [0, 0.05) is 10.1 Å². The highest BCUT2D eigenvalue weighted by atomic mass is 32.2. The van der Waals surface area contributed by atoms with Gasteiger partial charge in [-0.2, -0.15) is 0 Å². The van der Waals surface area contributed by atoms with Crippen molar-refractivity contribution in [2.45, 2.75) is 37.0 Å². The molecule has 0 heterocycles. The van der Waals surface area contributed by atoms with E-state index in [-0.39, 0.29) is 11.9 Å². The van der Waals surface area contributed by atoms with Crippen LogP contribution >= 0.6 is 11.8 Å². The van der Waals surface area contributed by atoms with E-state index >= 15 is 0 Å². The lowest BCUT2D eigenvalue weighted by Crippen LogP contribution is -2.27. The monoisotopic (exact) mass is 299 g/mol. The van der Waals surface area contributed by atoms with Gasteiger partial charge < -0.3 is 5.32 Å². The van der Waals surface area contributed by atoms with Gasteiger partial charge in [0.15, 0.2) is 0 Å². The summed E-state index contributed by atoms with van der Waals surface area (Å²) in [4.78, 5) is 13.5. The van der Waals surface area contributed by atoms with Crippen LogP contribution in [0.3, 0.4) is 0 Å². The predicted molar refractivity (Wildman–Crippen MR) is 89.8 cm³/mol. The van der Waals surface area contributed by atoms with Crippen LogP contribution in [0.1, 0.15) is 42.7 Å². The average molecular weight is 299 g/mol. The molecule has 0 radical (unpaired) electrons. The van der Waals surface area contributed by atoms with Crippen molar-refractivity contribution in [1.29, 1.82) is 0 Å². The van der Waals surface area contributed by atoms with Gasteiger partial charge >= 0.3 is 0 Å². The van der Waals surface area contributed by atoms with Crippen LogP contribution in [0.5, 0.6) is 0 Å². The van der Waals surface area contributed by atoms with Crippen molar-refractivity contribution in [3.63, 3.8) is 0 Å². The van der Waals surface area contributed by atoms with E-state index in [4.69, 9.17) is 0 Å². The smallest absolute Gasteiger partial charge is 0.252 e. The van der Waals surface area contributed by atoms with Crippen molar-refractivity contribution >= 4 is 17.7 Å². The van der Waals surface area contributed by atoms with Gasteiger partial charge in [-0.1, -0.05) is 56.3 Å². The quantitative estimate of drug-likeness (QED) is 0.812. The highest BCUT2D eigenvalue weighted by molar-refractivity contribution is 8.00. The third-order valence-electron chi connectivity index (χ3n) is 3.14. The molecule has 0 aliphatic rings. The molecule has 0 saturated heterocycles. The average Bonchev–Trinajstić information content (AvgIpc) is 2.48. The summed E-state index contributed by atoms with van der Waals surface area (Å²) in [5.41, 5.74) is 1.86. The molecule has 0 aromatic heterocycles. The molecule has 21 heavy (non-hydrogen) atoms.